The fraction of sp³-hybridized carbons (Fsp3) is 0.185. The molecule has 0 aliphatic carbocycles. The molecule has 35 heavy (non-hydrogen) atoms. The van der Waals surface area contributed by atoms with Gasteiger partial charge < -0.3 is 15.2 Å². The highest BCUT2D eigenvalue weighted by Gasteiger charge is 2.18. The smallest absolute Gasteiger partial charge is 0.255 e. The minimum atomic E-state index is -0.538. The number of amides is 2. The molecule has 0 atom stereocenters. The van der Waals surface area contributed by atoms with E-state index in [0.717, 1.165) is 38.1 Å². The first kappa shape index (κ1) is 22.5. The molecule has 0 radical (unpaired) electrons. The van der Waals surface area contributed by atoms with Crippen molar-refractivity contribution >= 4 is 23.2 Å². The molecule has 0 spiro atoms. The summed E-state index contributed by atoms with van der Waals surface area (Å²) in [6.07, 6.45) is 4.14. The van der Waals surface area contributed by atoms with Gasteiger partial charge in [0.25, 0.3) is 11.8 Å². The number of halogens is 1. The standard InChI is InChI=1S/C27H24FN5O2/c28-22-15-12-20(25-32-31-24-9-5-2-6-16-33(24)25)17-23(22)30-27(35)19-10-13-21(14-11-19)29-26(34)18-7-3-1-4-8-18/h1,3-4,7-8,10-15,17H,2,5-6,9,16H2,(H,29,34)(H,30,35). The first-order valence-electron chi connectivity index (χ1n) is 11.6. The average Bonchev–Trinajstić information content (AvgIpc) is 3.14. The van der Waals surface area contributed by atoms with Crippen LogP contribution in [0.4, 0.5) is 15.8 Å². The van der Waals surface area contributed by atoms with Gasteiger partial charge in [-0.3, -0.25) is 9.59 Å². The van der Waals surface area contributed by atoms with Crippen LogP contribution in [-0.2, 0) is 13.0 Å². The molecule has 0 saturated carbocycles. The quantitative estimate of drug-likeness (QED) is 0.414. The second-order valence-corrected chi connectivity index (χ2v) is 8.45. The predicted molar refractivity (Wildman–Crippen MR) is 132 cm³/mol. The molecule has 4 aromatic rings. The van der Waals surface area contributed by atoms with Crippen molar-refractivity contribution in [2.45, 2.75) is 32.2 Å². The summed E-state index contributed by atoms with van der Waals surface area (Å²) in [7, 11) is 0. The Morgan fingerprint density at radius 2 is 1.54 bits per heavy atom. The van der Waals surface area contributed by atoms with Crippen molar-refractivity contribution in [3.8, 4) is 11.4 Å². The average molecular weight is 470 g/mol. The summed E-state index contributed by atoms with van der Waals surface area (Å²) >= 11 is 0. The lowest BCUT2D eigenvalue weighted by atomic mass is 10.1. The first-order valence-corrected chi connectivity index (χ1v) is 11.6. The van der Waals surface area contributed by atoms with E-state index in [2.05, 4.69) is 25.4 Å². The van der Waals surface area contributed by atoms with E-state index >= 15 is 0 Å². The largest absolute Gasteiger partial charge is 0.322 e. The van der Waals surface area contributed by atoms with Gasteiger partial charge in [-0.05, 0) is 67.4 Å². The molecule has 0 saturated heterocycles. The zero-order valence-corrected chi connectivity index (χ0v) is 19.0. The summed E-state index contributed by atoms with van der Waals surface area (Å²) in [6, 6.07) is 19.8. The molecule has 1 aliphatic rings. The summed E-state index contributed by atoms with van der Waals surface area (Å²) in [5.74, 6) is 0.377. The highest BCUT2D eigenvalue weighted by molar-refractivity contribution is 6.06. The van der Waals surface area contributed by atoms with E-state index < -0.39 is 11.7 Å². The molecule has 3 aromatic carbocycles. The molecule has 0 unspecified atom stereocenters. The fourth-order valence-electron chi connectivity index (χ4n) is 4.15. The van der Waals surface area contributed by atoms with Crippen molar-refractivity contribution in [3.05, 3.63) is 95.6 Å². The van der Waals surface area contributed by atoms with E-state index in [4.69, 9.17) is 0 Å². The summed E-state index contributed by atoms with van der Waals surface area (Å²) in [4.78, 5) is 25.1. The lowest BCUT2D eigenvalue weighted by molar-refractivity contribution is 0.101. The summed E-state index contributed by atoms with van der Waals surface area (Å²) in [5, 5.41) is 14.1. The number of nitrogens with one attached hydrogen (secondary N) is 2. The van der Waals surface area contributed by atoms with Crippen LogP contribution in [0.2, 0.25) is 0 Å². The molecular formula is C27H24FN5O2. The van der Waals surface area contributed by atoms with Gasteiger partial charge in [0.1, 0.15) is 11.6 Å². The van der Waals surface area contributed by atoms with E-state index in [1.807, 2.05) is 6.07 Å². The molecule has 1 aliphatic heterocycles. The SMILES string of the molecule is O=C(Nc1ccc(C(=O)Nc2cc(-c3nnc4n3CCCCC4)ccc2F)cc1)c1ccccc1. The van der Waals surface area contributed by atoms with Crippen molar-refractivity contribution in [2.75, 3.05) is 10.6 Å². The summed E-state index contributed by atoms with van der Waals surface area (Å²) in [5.41, 5.74) is 2.19. The minimum absolute atomic E-state index is 0.0694. The molecule has 7 nitrogen and oxygen atoms in total. The number of aromatic nitrogens is 3. The molecule has 0 bridgehead atoms. The summed E-state index contributed by atoms with van der Waals surface area (Å²) in [6.45, 7) is 0.823. The zero-order valence-electron chi connectivity index (χ0n) is 19.0. The van der Waals surface area contributed by atoms with Crippen LogP contribution in [0.15, 0.2) is 72.8 Å². The molecule has 2 N–H and O–H groups in total. The molecule has 2 heterocycles. The number of hydrogen-bond acceptors (Lipinski definition) is 4. The fourth-order valence-corrected chi connectivity index (χ4v) is 4.15. The number of aryl methyl sites for hydroxylation is 1. The Kier molecular flexibility index (Phi) is 6.34. The van der Waals surface area contributed by atoms with Gasteiger partial charge in [-0.1, -0.05) is 24.6 Å². The minimum Gasteiger partial charge on any atom is -0.322 e. The number of carbonyl (C=O) groups is 2. The number of carbonyl (C=O) groups excluding carboxylic acids is 2. The molecule has 8 heteroatoms. The van der Waals surface area contributed by atoms with Gasteiger partial charge in [-0.25, -0.2) is 4.39 Å². The van der Waals surface area contributed by atoms with Crippen molar-refractivity contribution in [2.24, 2.45) is 0 Å². The normalized spacial score (nSPS) is 12.9. The third-order valence-corrected chi connectivity index (χ3v) is 6.02. The lowest BCUT2D eigenvalue weighted by Gasteiger charge is -2.11. The van der Waals surface area contributed by atoms with Crippen LogP contribution in [0.3, 0.4) is 0 Å². The molecule has 2 amide bonds. The first-order chi connectivity index (χ1) is 17.1. The maximum Gasteiger partial charge on any atom is 0.255 e. The van der Waals surface area contributed by atoms with Crippen LogP contribution < -0.4 is 10.6 Å². The molecule has 0 fully saturated rings. The van der Waals surface area contributed by atoms with Crippen molar-refractivity contribution in [1.29, 1.82) is 0 Å². The van der Waals surface area contributed by atoms with Gasteiger partial charge >= 0.3 is 0 Å². The van der Waals surface area contributed by atoms with Crippen LogP contribution in [-0.4, -0.2) is 26.6 Å². The number of fused-ring (bicyclic) bond motifs is 1. The second-order valence-electron chi connectivity index (χ2n) is 8.45. The van der Waals surface area contributed by atoms with E-state index in [0.29, 0.717) is 28.2 Å². The third kappa shape index (κ3) is 4.96. The molecule has 5 rings (SSSR count). The van der Waals surface area contributed by atoms with E-state index in [9.17, 15) is 14.0 Å². The molecule has 1 aromatic heterocycles. The maximum absolute atomic E-state index is 14.6. The molecular weight excluding hydrogens is 445 g/mol. The van der Waals surface area contributed by atoms with E-state index in [1.54, 1.807) is 60.7 Å². The Bertz CT molecular complexity index is 1370. The van der Waals surface area contributed by atoms with Gasteiger partial charge in [0.2, 0.25) is 0 Å². The van der Waals surface area contributed by atoms with Crippen molar-refractivity contribution in [1.82, 2.24) is 14.8 Å². The van der Waals surface area contributed by atoms with Gasteiger partial charge in [0.05, 0.1) is 5.69 Å². The Labute approximate surface area is 202 Å². The van der Waals surface area contributed by atoms with Crippen LogP contribution in [0, 0.1) is 5.82 Å². The van der Waals surface area contributed by atoms with E-state index in [1.165, 1.54) is 6.07 Å². The monoisotopic (exact) mass is 469 g/mol. The highest BCUT2D eigenvalue weighted by atomic mass is 19.1. The molecule has 176 valence electrons. The Balaban J connectivity index is 1.30. The summed E-state index contributed by atoms with van der Waals surface area (Å²) < 4.78 is 16.6. The van der Waals surface area contributed by atoms with Crippen LogP contribution >= 0.6 is 0 Å². The van der Waals surface area contributed by atoms with Gasteiger partial charge in [-0.15, -0.1) is 10.2 Å². The third-order valence-electron chi connectivity index (χ3n) is 6.02. The van der Waals surface area contributed by atoms with Crippen molar-refractivity contribution < 1.29 is 14.0 Å². The number of benzene rings is 3. The number of nitrogens with zero attached hydrogens (tertiary/aromatic N) is 3. The van der Waals surface area contributed by atoms with Crippen LogP contribution in [0.25, 0.3) is 11.4 Å². The van der Waals surface area contributed by atoms with Gasteiger partial charge in [0.15, 0.2) is 5.82 Å². The maximum atomic E-state index is 14.6. The zero-order chi connectivity index (χ0) is 24.2. The number of anilines is 2. The Morgan fingerprint density at radius 3 is 2.34 bits per heavy atom. The van der Waals surface area contributed by atoms with Gasteiger partial charge in [0, 0.05) is 35.3 Å². The topological polar surface area (TPSA) is 88.9 Å². The van der Waals surface area contributed by atoms with E-state index in [-0.39, 0.29) is 11.6 Å². The van der Waals surface area contributed by atoms with Crippen LogP contribution in [0.5, 0.6) is 0 Å². The predicted octanol–water partition coefficient (Wildman–Crippen LogP) is 5.32. The lowest BCUT2D eigenvalue weighted by Crippen LogP contribution is -2.14. The second kappa shape index (κ2) is 9.89. The number of rotatable bonds is 5. The van der Waals surface area contributed by atoms with Crippen LogP contribution in [0.1, 0.15) is 45.8 Å². The van der Waals surface area contributed by atoms with Gasteiger partial charge in [-0.2, -0.15) is 0 Å². The van der Waals surface area contributed by atoms with Crippen molar-refractivity contribution in [3.63, 3.8) is 0 Å². The highest BCUT2D eigenvalue weighted by Crippen LogP contribution is 2.27. The Hall–Kier alpha value is -4.33. The Morgan fingerprint density at radius 1 is 0.800 bits per heavy atom. The number of hydrogen-bond donors (Lipinski definition) is 2.